The highest BCUT2D eigenvalue weighted by Gasteiger charge is 2.20. The van der Waals surface area contributed by atoms with Crippen LogP contribution in [0.15, 0.2) is 18.2 Å². The van der Waals surface area contributed by atoms with E-state index in [0.717, 1.165) is 6.42 Å². The predicted molar refractivity (Wildman–Crippen MR) is 86.5 cm³/mol. The number of nitrogens with zero attached hydrogens (tertiary/aromatic N) is 1. The Morgan fingerprint density at radius 3 is 2.65 bits per heavy atom. The maximum atomic E-state index is 6.08. The molecule has 0 radical (unpaired) electrons. The normalized spacial score (nSPS) is 26.8. The standard InChI is InChI=1S/C17H27N3/c1-13-11-16(20-9-2-3-10-20)7-8-17(13)19-15-6-4-5-14(18)12-15/h7-8,11,14-15,19H,2-6,9-10,12,18H2,1H3. The average molecular weight is 273 g/mol. The molecule has 0 amide bonds. The molecule has 1 aliphatic carbocycles. The van der Waals surface area contributed by atoms with E-state index in [4.69, 9.17) is 5.73 Å². The summed E-state index contributed by atoms with van der Waals surface area (Å²) in [5, 5.41) is 3.70. The molecule has 2 fully saturated rings. The lowest BCUT2D eigenvalue weighted by atomic mass is 9.91. The summed E-state index contributed by atoms with van der Waals surface area (Å²) in [4.78, 5) is 2.49. The zero-order valence-corrected chi connectivity index (χ0v) is 12.6. The van der Waals surface area contributed by atoms with Gasteiger partial charge in [-0.1, -0.05) is 0 Å². The molecule has 3 N–H and O–H groups in total. The molecule has 0 bridgehead atoms. The van der Waals surface area contributed by atoms with Gasteiger partial charge in [0.15, 0.2) is 0 Å². The Hall–Kier alpha value is -1.22. The van der Waals surface area contributed by atoms with Gasteiger partial charge in [-0.05, 0) is 69.2 Å². The summed E-state index contributed by atoms with van der Waals surface area (Å²) in [6.07, 6.45) is 7.46. The van der Waals surface area contributed by atoms with Gasteiger partial charge in [0, 0.05) is 36.5 Å². The van der Waals surface area contributed by atoms with Crippen LogP contribution >= 0.6 is 0 Å². The summed E-state index contributed by atoms with van der Waals surface area (Å²) in [7, 11) is 0. The lowest BCUT2D eigenvalue weighted by molar-refractivity contribution is 0.409. The van der Waals surface area contributed by atoms with E-state index in [1.807, 2.05) is 0 Å². The first-order valence-corrected chi connectivity index (χ1v) is 8.10. The summed E-state index contributed by atoms with van der Waals surface area (Å²) >= 11 is 0. The summed E-state index contributed by atoms with van der Waals surface area (Å²) in [6, 6.07) is 7.78. The second-order valence-corrected chi connectivity index (χ2v) is 6.46. The van der Waals surface area contributed by atoms with E-state index in [0.29, 0.717) is 12.1 Å². The smallest absolute Gasteiger partial charge is 0.0373 e. The molecule has 1 aromatic rings. The first-order valence-electron chi connectivity index (χ1n) is 8.10. The SMILES string of the molecule is Cc1cc(N2CCCC2)ccc1NC1CCCC(N)C1. The fourth-order valence-corrected chi connectivity index (χ4v) is 3.56. The highest BCUT2D eigenvalue weighted by molar-refractivity contribution is 5.61. The summed E-state index contributed by atoms with van der Waals surface area (Å²) in [5.74, 6) is 0. The van der Waals surface area contributed by atoms with Crippen LogP contribution in [0.5, 0.6) is 0 Å². The Morgan fingerprint density at radius 1 is 1.15 bits per heavy atom. The van der Waals surface area contributed by atoms with E-state index in [-0.39, 0.29) is 0 Å². The molecular weight excluding hydrogens is 246 g/mol. The molecular formula is C17H27N3. The molecule has 20 heavy (non-hydrogen) atoms. The van der Waals surface area contributed by atoms with Gasteiger partial charge in [0.2, 0.25) is 0 Å². The molecule has 3 rings (SSSR count). The van der Waals surface area contributed by atoms with E-state index in [2.05, 4.69) is 35.3 Å². The van der Waals surface area contributed by atoms with Gasteiger partial charge in [-0.25, -0.2) is 0 Å². The Morgan fingerprint density at radius 2 is 1.95 bits per heavy atom. The van der Waals surface area contributed by atoms with E-state index < -0.39 is 0 Å². The van der Waals surface area contributed by atoms with Crippen LogP contribution < -0.4 is 16.0 Å². The van der Waals surface area contributed by atoms with Gasteiger partial charge >= 0.3 is 0 Å². The van der Waals surface area contributed by atoms with Gasteiger partial charge in [0.05, 0.1) is 0 Å². The topological polar surface area (TPSA) is 41.3 Å². The molecule has 0 aromatic heterocycles. The number of aryl methyl sites for hydroxylation is 1. The molecule has 1 saturated heterocycles. The first-order chi connectivity index (χ1) is 9.72. The highest BCUT2D eigenvalue weighted by atomic mass is 15.1. The molecule has 3 heteroatoms. The quantitative estimate of drug-likeness (QED) is 0.888. The van der Waals surface area contributed by atoms with Crippen molar-refractivity contribution in [2.45, 2.75) is 57.5 Å². The van der Waals surface area contributed by atoms with Crippen molar-refractivity contribution in [3.8, 4) is 0 Å². The molecule has 2 aliphatic rings. The molecule has 1 aromatic carbocycles. The van der Waals surface area contributed by atoms with E-state index in [1.165, 1.54) is 62.1 Å². The summed E-state index contributed by atoms with van der Waals surface area (Å²) in [6.45, 7) is 4.64. The van der Waals surface area contributed by atoms with Crippen molar-refractivity contribution in [2.24, 2.45) is 5.73 Å². The van der Waals surface area contributed by atoms with Crippen LogP contribution in [0.1, 0.15) is 44.1 Å². The zero-order valence-electron chi connectivity index (χ0n) is 12.6. The van der Waals surface area contributed by atoms with Crippen LogP contribution in [0.4, 0.5) is 11.4 Å². The highest BCUT2D eigenvalue weighted by Crippen LogP contribution is 2.28. The molecule has 3 nitrogen and oxygen atoms in total. The van der Waals surface area contributed by atoms with E-state index in [9.17, 15) is 0 Å². The Bertz CT molecular complexity index is 452. The first kappa shape index (κ1) is 13.7. The monoisotopic (exact) mass is 273 g/mol. The lowest BCUT2D eigenvalue weighted by Crippen LogP contribution is -2.35. The van der Waals surface area contributed by atoms with E-state index >= 15 is 0 Å². The minimum atomic E-state index is 0.380. The fraction of sp³-hybridized carbons (Fsp3) is 0.647. The third kappa shape index (κ3) is 3.09. The average Bonchev–Trinajstić information content (AvgIpc) is 2.95. The van der Waals surface area contributed by atoms with Crippen molar-refractivity contribution in [1.29, 1.82) is 0 Å². The molecule has 110 valence electrons. The van der Waals surface area contributed by atoms with Gasteiger partial charge < -0.3 is 16.0 Å². The number of nitrogens with two attached hydrogens (primary N) is 1. The van der Waals surface area contributed by atoms with Crippen molar-refractivity contribution in [3.63, 3.8) is 0 Å². The van der Waals surface area contributed by atoms with Crippen LogP contribution in [-0.4, -0.2) is 25.2 Å². The molecule has 0 spiro atoms. The molecule has 2 unspecified atom stereocenters. The zero-order chi connectivity index (χ0) is 13.9. The number of nitrogens with one attached hydrogen (secondary N) is 1. The minimum Gasteiger partial charge on any atom is -0.382 e. The number of hydrogen-bond donors (Lipinski definition) is 2. The Balaban J connectivity index is 1.67. The van der Waals surface area contributed by atoms with Crippen molar-refractivity contribution in [1.82, 2.24) is 0 Å². The van der Waals surface area contributed by atoms with Crippen molar-refractivity contribution >= 4 is 11.4 Å². The van der Waals surface area contributed by atoms with Crippen molar-refractivity contribution in [3.05, 3.63) is 23.8 Å². The lowest BCUT2D eigenvalue weighted by Gasteiger charge is -2.29. The van der Waals surface area contributed by atoms with Gasteiger partial charge in [0.25, 0.3) is 0 Å². The van der Waals surface area contributed by atoms with Crippen LogP contribution in [0.25, 0.3) is 0 Å². The Labute approximate surface area is 122 Å². The maximum Gasteiger partial charge on any atom is 0.0373 e. The van der Waals surface area contributed by atoms with Crippen LogP contribution in [0, 0.1) is 6.92 Å². The minimum absolute atomic E-state index is 0.380. The van der Waals surface area contributed by atoms with E-state index in [1.54, 1.807) is 0 Å². The molecule has 1 aliphatic heterocycles. The fourth-order valence-electron chi connectivity index (χ4n) is 3.56. The molecule has 1 saturated carbocycles. The van der Waals surface area contributed by atoms with Gasteiger partial charge in [-0.15, -0.1) is 0 Å². The second-order valence-electron chi connectivity index (χ2n) is 6.46. The maximum absolute atomic E-state index is 6.08. The van der Waals surface area contributed by atoms with Crippen LogP contribution in [-0.2, 0) is 0 Å². The number of hydrogen-bond acceptors (Lipinski definition) is 3. The number of anilines is 2. The van der Waals surface area contributed by atoms with Crippen molar-refractivity contribution in [2.75, 3.05) is 23.3 Å². The van der Waals surface area contributed by atoms with Gasteiger partial charge in [-0.3, -0.25) is 0 Å². The molecule has 1 heterocycles. The van der Waals surface area contributed by atoms with Crippen molar-refractivity contribution < 1.29 is 0 Å². The van der Waals surface area contributed by atoms with Crippen LogP contribution in [0.3, 0.4) is 0 Å². The third-order valence-corrected chi connectivity index (χ3v) is 4.76. The van der Waals surface area contributed by atoms with Gasteiger partial charge in [-0.2, -0.15) is 0 Å². The number of benzene rings is 1. The Kier molecular flexibility index (Phi) is 4.16. The predicted octanol–water partition coefficient (Wildman–Crippen LogP) is 3.28. The summed E-state index contributed by atoms with van der Waals surface area (Å²) in [5.41, 5.74) is 10.1. The van der Waals surface area contributed by atoms with Gasteiger partial charge in [0.1, 0.15) is 0 Å². The second kappa shape index (κ2) is 6.04. The largest absolute Gasteiger partial charge is 0.382 e. The summed E-state index contributed by atoms with van der Waals surface area (Å²) < 4.78 is 0. The third-order valence-electron chi connectivity index (χ3n) is 4.76. The molecule has 2 atom stereocenters. The van der Waals surface area contributed by atoms with Crippen LogP contribution in [0.2, 0.25) is 0 Å². The number of rotatable bonds is 3.